The highest BCUT2D eigenvalue weighted by Gasteiger charge is 2.18. The average Bonchev–Trinajstić information content (AvgIpc) is 2.48. The van der Waals surface area contributed by atoms with E-state index in [9.17, 15) is 4.79 Å². The Kier molecular flexibility index (Phi) is 3.65. The summed E-state index contributed by atoms with van der Waals surface area (Å²) in [5.41, 5.74) is 1.90. The molecular weight excluding hydrogens is 268 g/mol. The smallest absolute Gasteiger partial charge is 0.254 e. The normalized spacial score (nSPS) is 15.1. The van der Waals surface area contributed by atoms with Crippen LogP contribution in [0.5, 0.6) is 0 Å². The molecule has 0 bridgehead atoms. The second kappa shape index (κ2) is 5.59. The summed E-state index contributed by atoms with van der Waals surface area (Å²) < 4.78 is 0. The van der Waals surface area contributed by atoms with Crippen molar-refractivity contribution in [2.45, 2.75) is 9.79 Å². The number of carbonyl (C=O) groups is 1. The van der Waals surface area contributed by atoms with Gasteiger partial charge in [-0.05, 0) is 24.3 Å². The van der Waals surface area contributed by atoms with Gasteiger partial charge in [-0.2, -0.15) is 0 Å². The summed E-state index contributed by atoms with van der Waals surface area (Å²) in [7, 11) is 1.85. The van der Waals surface area contributed by atoms with E-state index in [2.05, 4.69) is 17.4 Å². The summed E-state index contributed by atoms with van der Waals surface area (Å²) in [6.45, 7) is 1.44. The van der Waals surface area contributed by atoms with Crippen molar-refractivity contribution in [3.63, 3.8) is 0 Å². The third-order valence-corrected chi connectivity index (χ3v) is 4.49. The molecule has 3 nitrogen and oxygen atoms in total. The van der Waals surface area contributed by atoms with Crippen LogP contribution in [0.4, 0.5) is 5.69 Å². The van der Waals surface area contributed by atoms with Crippen LogP contribution in [0.15, 0.2) is 58.3 Å². The van der Waals surface area contributed by atoms with E-state index in [4.69, 9.17) is 0 Å². The highest BCUT2D eigenvalue weighted by Crippen LogP contribution is 2.36. The molecule has 20 heavy (non-hydrogen) atoms. The summed E-state index contributed by atoms with van der Waals surface area (Å²) in [6, 6.07) is 16.0. The van der Waals surface area contributed by atoms with Crippen molar-refractivity contribution in [3.05, 3.63) is 54.1 Å². The summed E-state index contributed by atoms with van der Waals surface area (Å²) >= 11 is 1.64. The van der Waals surface area contributed by atoms with Crippen LogP contribution in [0, 0.1) is 0 Å². The summed E-state index contributed by atoms with van der Waals surface area (Å²) in [5.74, 6) is 0.0780. The van der Waals surface area contributed by atoms with Gasteiger partial charge in [0.25, 0.3) is 5.91 Å². The first-order chi connectivity index (χ1) is 9.75. The third kappa shape index (κ3) is 2.51. The second-order valence-electron chi connectivity index (χ2n) is 4.75. The lowest BCUT2D eigenvalue weighted by Crippen LogP contribution is -2.32. The van der Waals surface area contributed by atoms with E-state index in [-0.39, 0.29) is 5.91 Å². The number of benzene rings is 2. The Morgan fingerprint density at radius 3 is 2.60 bits per heavy atom. The van der Waals surface area contributed by atoms with Gasteiger partial charge in [0.1, 0.15) is 0 Å². The Morgan fingerprint density at radius 2 is 1.75 bits per heavy atom. The van der Waals surface area contributed by atoms with E-state index in [0.717, 1.165) is 27.6 Å². The molecule has 0 saturated heterocycles. The largest absolute Gasteiger partial charge is 0.382 e. The van der Waals surface area contributed by atoms with Gasteiger partial charge in [0.15, 0.2) is 0 Å². The first-order valence-electron chi connectivity index (χ1n) is 6.61. The first-order valence-corrected chi connectivity index (χ1v) is 7.42. The molecule has 2 aromatic rings. The maximum absolute atomic E-state index is 12.5. The minimum atomic E-state index is 0.0780. The van der Waals surface area contributed by atoms with Crippen molar-refractivity contribution in [2.75, 3.05) is 25.5 Å². The van der Waals surface area contributed by atoms with Crippen molar-refractivity contribution < 1.29 is 4.79 Å². The van der Waals surface area contributed by atoms with Gasteiger partial charge in [0.05, 0.1) is 5.56 Å². The van der Waals surface area contributed by atoms with E-state index in [1.807, 2.05) is 43.4 Å². The zero-order valence-corrected chi connectivity index (χ0v) is 12.1. The zero-order valence-electron chi connectivity index (χ0n) is 11.3. The Balaban J connectivity index is 2.08. The molecule has 0 radical (unpaired) electrons. The maximum Gasteiger partial charge on any atom is 0.254 e. The maximum atomic E-state index is 12.5. The lowest BCUT2D eigenvalue weighted by molar-refractivity contribution is 0.0797. The quantitative estimate of drug-likeness (QED) is 0.805. The number of amides is 1. The molecule has 1 N–H and O–H groups in total. The van der Waals surface area contributed by atoms with Gasteiger partial charge in [-0.1, -0.05) is 36.0 Å². The van der Waals surface area contributed by atoms with Crippen LogP contribution in [-0.2, 0) is 0 Å². The summed E-state index contributed by atoms with van der Waals surface area (Å²) in [4.78, 5) is 16.4. The standard InChI is InChI=1S/C16H16N2OS/c1-18-11-10-17-13-7-3-5-9-15(13)20-14-8-4-2-6-12(14)16(18)19/h2-9,17H,10-11H2,1H3. The van der Waals surface area contributed by atoms with Crippen LogP contribution in [0.3, 0.4) is 0 Å². The van der Waals surface area contributed by atoms with E-state index in [1.165, 1.54) is 0 Å². The Bertz CT molecular complexity index is 642. The molecule has 1 aliphatic heterocycles. The number of hydrogen-bond donors (Lipinski definition) is 1. The highest BCUT2D eigenvalue weighted by molar-refractivity contribution is 7.99. The fourth-order valence-corrected chi connectivity index (χ4v) is 3.26. The van der Waals surface area contributed by atoms with Crippen LogP contribution >= 0.6 is 11.8 Å². The molecule has 4 heteroatoms. The molecule has 0 atom stereocenters. The second-order valence-corrected chi connectivity index (χ2v) is 5.83. The average molecular weight is 284 g/mol. The molecule has 3 rings (SSSR count). The molecular formula is C16H16N2OS. The zero-order chi connectivity index (χ0) is 13.9. The number of likely N-dealkylation sites (N-methyl/N-ethyl adjacent to an activating group) is 1. The Morgan fingerprint density at radius 1 is 1.05 bits per heavy atom. The van der Waals surface area contributed by atoms with Gasteiger partial charge in [-0.15, -0.1) is 0 Å². The number of hydrogen-bond acceptors (Lipinski definition) is 3. The highest BCUT2D eigenvalue weighted by atomic mass is 32.2. The van der Waals surface area contributed by atoms with Gasteiger partial charge in [0, 0.05) is 35.6 Å². The van der Waals surface area contributed by atoms with Crippen molar-refractivity contribution in [3.8, 4) is 0 Å². The molecule has 1 heterocycles. The molecule has 0 aromatic heterocycles. The number of anilines is 1. The van der Waals surface area contributed by atoms with Crippen molar-refractivity contribution in [1.82, 2.24) is 4.90 Å². The molecule has 0 aliphatic carbocycles. The van der Waals surface area contributed by atoms with Crippen LogP contribution in [0.2, 0.25) is 0 Å². The van der Waals surface area contributed by atoms with Gasteiger partial charge < -0.3 is 10.2 Å². The first kappa shape index (κ1) is 13.1. The number of fused-ring (bicyclic) bond motifs is 2. The lowest BCUT2D eigenvalue weighted by Gasteiger charge is -2.22. The molecule has 0 fully saturated rings. The van der Waals surface area contributed by atoms with Crippen LogP contribution < -0.4 is 5.32 Å². The summed E-state index contributed by atoms with van der Waals surface area (Å²) in [6.07, 6.45) is 0. The number of para-hydroxylation sites is 1. The van der Waals surface area contributed by atoms with E-state index in [0.29, 0.717) is 6.54 Å². The molecule has 0 unspecified atom stereocenters. The predicted molar refractivity (Wildman–Crippen MR) is 82.5 cm³/mol. The molecule has 0 spiro atoms. The summed E-state index contributed by atoms with van der Waals surface area (Å²) in [5, 5.41) is 3.40. The number of rotatable bonds is 0. The monoisotopic (exact) mass is 284 g/mol. The lowest BCUT2D eigenvalue weighted by atomic mass is 10.2. The number of nitrogens with zero attached hydrogens (tertiary/aromatic N) is 1. The fourth-order valence-electron chi connectivity index (χ4n) is 2.22. The fraction of sp³-hybridized carbons (Fsp3) is 0.188. The molecule has 1 aliphatic rings. The third-order valence-electron chi connectivity index (χ3n) is 3.33. The van der Waals surface area contributed by atoms with Crippen LogP contribution in [-0.4, -0.2) is 30.9 Å². The van der Waals surface area contributed by atoms with Crippen molar-refractivity contribution in [2.24, 2.45) is 0 Å². The Hall–Kier alpha value is -1.94. The SMILES string of the molecule is CN1CCNc2ccccc2Sc2ccccc2C1=O. The van der Waals surface area contributed by atoms with E-state index < -0.39 is 0 Å². The van der Waals surface area contributed by atoms with Crippen LogP contribution in [0.1, 0.15) is 10.4 Å². The number of carbonyl (C=O) groups excluding carboxylic acids is 1. The number of nitrogens with one attached hydrogen (secondary N) is 1. The van der Waals surface area contributed by atoms with Gasteiger partial charge >= 0.3 is 0 Å². The Labute approximate surface area is 123 Å². The van der Waals surface area contributed by atoms with E-state index in [1.54, 1.807) is 16.7 Å². The minimum Gasteiger partial charge on any atom is -0.382 e. The topological polar surface area (TPSA) is 32.3 Å². The molecule has 1 amide bonds. The molecule has 2 aromatic carbocycles. The van der Waals surface area contributed by atoms with Gasteiger partial charge in [0.2, 0.25) is 0 Å². The molecule has 0 saturated carbocycles. The minimum absolute atomic E-state index is 0.0780. The van der Waals surface area contributed by atoms with Crippen molar-refractivity contribution >= 4 is 23.4 Å². The van der Waals surface area contributed by atoms with Gasteiger partial charge in [-0.3, -0.25) is 4.79 Å². The van der Waals surface area contributed by atoms with Crippen LogP contribution in [0.25, 0.3) is 0 Å². The molecule has 102 valence electrons. The van der Waals surface area contributed by atoms with Crippen molar-refractivity contribution in [1.29, 1.82) is 0 Å². The van der Waals surface area contributed by atoms with E-state index >= 15 is 0 Å². The van der Waals surface area contributed by atoms with Gasteiger partial charge in [-0.25, -0.2) is 0 Å². The predicted octanol–water partition coefficient (Wildman–Crippen LogP) is 3.34.